The normalized spacial score (nSPS) is 12.2. The summed E-state index contributed by atoms with van der Waals surface area (Å²) in [7, 11) is 0. The van der Waals surface area contributed by atoms with Crippen LogP contribution >= 0.6 is 11.6 Å². The highest BCUT2D eigenvalue weighted by atomic mass is 35.5. The van der Waals surface area contributed by atoms with Crippen LogP contribution in [0.15, 0.2) is 67.3 Å². The third-order valence-corrected chi connectivity index (χ3v) is 4.65. The van der Waals surface area contributed by atoms with Crippen LogP contribution in [0.3, 0.4) is 0 Å². The van der Waals surface area contributed by atoms with Crippen molar-refractivity contribution in [3.05, 3.63) is 77.8 Å². The Hall–Kier alpha value is -3.12. The molecule has 0 fully saturated rings. The maximum absolute atomic E-state index is 12.4. The Bertz CT molecular complexity index is 1100. The van der Waals surface area contributed by atoms with Crippen LogP contribution in [0.4, 0.5) is 5.69 Å². The van der Waals surface area contributed by atoms with E-state index in [1.165, 1.54) is 27.2 Å². The molecule has 1 N–H and O–H groups in total. The Morgan fingerprint density at radius 2 is 1.93 bits per heavy atom. The molecule has 0 spiro atoms. The summed E-state index contributed by atoms with van der Waals surface area (Å²) in [4.78, 5) is 12.4. The Labute approximate surface area is 161 Å². The molecule has 1 atom stereocenters. The SMILES string of the molecule is CC(C(=O)Nc1cnn(Cc2cccc3ccccc23)c1)n1cc(Cl)cn1. The second kappa shape index (κ2) is 7.25. The number of hydrogen-bond acceptors (Lipinski definition) is 3. The van der Waals surface area contributed by atoms with Crippen molar-refractivity contribution in [3.8, 4) is 0 Å². The molecule has 4 rings (SSSR count). The van der Waals surface area contributed by atoms with Gasteiger partial charge in [-0.1, -0.05) is 54.1 Å². The smallest absolute Gasteiger partial charge is 0.249 e. The largest absolute Gasteiger partial charge is 0.322 e. The molecule has 4 aromatic rings. The van der Waals surface area contributed by atoms with Crippen molar-refractivity contribution in [1.29, 1.82) is 0 Å². The molecule has 136 valence electrons. The zero-order chi connectivity index (χ0) is 18.8. The van der Waals surface area contributed by atoms with Gasteiger partial charge in [0.25, 0.3) is 0 Å². The minimum absolute atomic E-state index is 0.181. The minimum atomic E-state index is -0.473. The topological polar surface area (TPSA) is 64.7 Å². The number of rotatable bonds is 5. The van der Waals surface area contributed by atoms with Crippen molar-refractivity contribution in [2.45, 2.75) is 19.5 Å². The van der Waals surface area contributed by atoms with E-state index in [4.69, 9.17) is 11.6 Å². The van der Waals surface area contributed by atoms with Gasteiger partial charge in [0.05, 0.1) is 29.6 Å². The predicted molar refractivity (Wildman–Crippen MR) is 106 cm³/mol. The molecule has 7 heteroatoms. The van der Waals surface area contributed by atoms with Gasteiger partial charge in [-0.25, -0.2) is 0 Å². The van der Waals surface area contributed by atoms with Crippen LogP contribution in [-0.4, -0.2) is 25.5 Å². The number of amides is 1. The molecule has 0 aliphatic heterocycles. The average Bonchev–Trinajstić information content (AvgIpc) is 3.30. The number of nitrogens with zero attached hydrogens (tertiary/aromatic N) is 4. The lowest BCUT2D eigenvalue weighted by Crippen LogP contribution is -2.23. The molecule has 2 heterocycles. The summed E-state index contributed by atoms with van der Waals surface area (Å²) in [5.41, 5.74) is 1.82. The van der Waals surface area contributed by atoms with Crippen molar-refractivity contribution < 1.29 is 4.79 Å². The van der Waals surface area contributed by atoms with Gasteiger partial charge in [-0.3, -0.25) is 14.2 Å². The number of benzene rings is 2. The Morgan fingerprint density at radius 3 is 2.74 bits per heavy atom. The molecule has 1 unspecified atom stereocenters. The van der Waals surface area contributed by atoms with Crippen molar-refractivity contribution >= 4 is 34.0 Å². The van der Waals surface area contributed by atoms with Gasteiger partial charge in [0, 0.05) is 12.4 Å². The molecule has 2 aromatic carbocycles. The molecule has 6 nitrogen and oxygen atoms in total. The first-order valence-corrected chi connectivity index (χ1v) is 8.97. The molecule has 0 aliphatic rings. The lowest BCUT2D eigenvalue weighted by Gasteiger charge is -2.11. The quantitative estimate of drug-likeness (QED) is 0.567. The van der Waals surface area contributed by atoms with Crippen molar-refractivity contribution in [2.24, 2.45) is 0 Å². The monoisotopic (exact) mass is 379 g/mol. The number of halogens is 1. The van der Waals surface area contributed by atoms with Crippen LogP contribution in [0.1, 0.15) is 18.5 Å². The molecule has 0 radical (unpaired) electrons. The predicted octanol–water partition coefficient (Wildman–Crippen LogP) is 4.13. The summed E-state index contributed by atoms with van der Waals surface area (Å²) < 4.78 is 3.34. The molecular weight excluding hydrogens is 362 g/mol. The Morgan fingerprint density at radius 1 is 1.11 bits per heavy atom. The van der Waals surface area contributed by atoms with Gasteiger partial charge in [0.1, 0.15) is 6.04 Å². The van der Waals surface area contributed by atoms with Gasteiger partial charge in [-0.05, 0) is 23.3 Å². The number of carbonyl (C=O) groups excluding carboxylic acids is 1. The summed E-state index contributed by atoms with van der Waals surface area (Å²) in [6, 6.07) is 14.0. The van der Waals surface area contributed by atoms with Gasteiger partial charge >= 0.3 is 0 Å². The van der Waals surface area contributed by atoms with Gasteiger partial charge in [-0.15, -0.1) is 0 Å². The maximum atomic E-state index is 12.4. The highest BCUT2D eigenvalue weighted by Crippen LogP contribution is 2.20. The highest BCUT2D eigenvalue weighted by molar-refractivity contribution is 6.30. The Balaban J connectivity index is 1.48. The molecule has 1 amide bonds. The second-order valence-corrected chi connectivity index (χ2v) is 6.81. The van der Waals surface area contributed by atoms with Crippen LogP contribution in [0, 0.1) is 0 Å². The summed E-state index contributed by atoms with van der Waals surface area (Å²) in [5, 5.41) is 14.2. The molecule has 27 heavy (non-hydrogen) atoms. The van der Waals surface area contributed by atoms with E-state index >= 15 is 0 Å². The number of fused-ring (bicyclic) bond motifs is 1. The van der Waals surface area contributed by atoms with Gasteiger partial charge < -0.3 is 5.32 Å². The van der Waals surface area contributed by atoms with E-state index in [0.29, 0.717) is 17.3 Å². The molecular formula is C20H18ClN5O. The number of carbonyl (C=O) groups is 1. The number of anilines is 1. The van der Waals surface area contributed by atoms with Crippen molar-refractivity contribution in [2.75, 3.05) is 5.32 Å². The van der Waals surface area contributed by atoms with E-state index in [-0.39, 0.29) is 5.91 Å². The molecule has 0 aliphatic carbocycles. The van der Waals surface area contributed by atoms with Gasteiger partial charge in [-0.2, -0.15) is 10.2 Å². The fourth-order valence-corrected chi connectivity index (χ4v) is 3.16. The molecule has 2 aromatic heterocycles. The zero-order valence-corrected chi connectivity index (χ0v) is 15.5. The van der Waals surface area contributed by atoms with E-state index in [2.05, 4.69) is 39.8 Å². The average molecular weight is 380 g/mol. The van der Waals surface area contributed by atoms with Gasteiger partial charge in [0.2, 0.25) is 5.91 Å². The molecule has 0 saturated heterocycles. The third kappa shape index (κ3) is 3.71. The number of aromatic nitrogens is 4. The summed E-state index contributed by atoms with van der Waals surface area (Å²) in [6.07, 6.45) is 6.59. The first-order chi connectivity index (χ1) is 13.1. The molecule has 0 saturated carbocycles. The number of hydrogen-bond donors (Lipinski definition) is 1. The summed E-state index contributed by atoms with van der Waals surface area (Å²) in [5.74, 6) is -0.181. The van der Waals surface area contributed by atoms with E-state index in [1.807, 2.05) is 29.1 Å². The third-order valence-electron chi connectivity index (χ3n) is 4.46. The van der Waals surface area contributed by atoms with E-state index in [1.54, 1.807) is 19.3 Å². The van der Waals surface area contributed by atoms with Gasteiger partial charge in [0.15, 0.2) is 0 Å². The first-order valence-electron chi connectivity index (χ1n) is 8.60. The fourth-order valence-electron chi connectivity index (χ4n) is 3.01. The highest BCUT2D eigenvalue weighted by Gasteiger charge is 2.16. The van der Waals surface area contributed by atoms with Crippen LogP contribution in [-0.2, 0) is 11.3 Å². The lowest BCUT2D eigenvalue weighted by molar-refractivity contribution is -0.119. The maximum Gasteiger partial charge on any atom is 0.249 e. The first kappa shape index (κ1) is 17.3. The van der Waals surface area contributed by atoms with Crippen molar-refractivity contribution in [1.82, 2.24) is 19.6 Å². The zero-order valence-electron chi connectivity index (χ0n) is 14.7. The summed E-state index contributed by atoms with van der Waals surface area (Å²) >= 11 is 5.86. The second-order valence-electron chi connectivity index (χ2n) is 6.37. The van der Waals surface area contributed by atoms with Crippen LogP contribution < -0.4 is 5.32 Å². The van der Waals surface area contributed by atoms with Crippen molar-refractivity contribution in [3.63, 3.8) is 0 Å². The van der Waals surface area contributed by atoms with E-state index in [0.717, 1.165) is 0 Å². The standard InChI is InChI=1S/C20H18ClN5O/c1-14(26-12-17(21)9-23-26)20(27)24-18-10-22-25(13-18)11-16-7-4-6-15-5-2-3-8-19(15)16/h2-10,12-14H,11H2,1H3,(H,24,27). The molecule has 0 bridgehead atoms. The van der Waals surface area contributed by atoms with E-state index in [9.17, 15) is 4.79 Å². The number of nitrogens with one attached hydrogen (secondary N) is 1. The lowest BCUT2D eigenvalue weighted by atomic mass is 10.0. The van der Waals surface area contributed by atoms with Crippen LogP contribution in [0.2, 0.25) is 5.02 Å². The minimum Gasteiger partial charge on any atom is -0.322 e. The Kier molecular flexibility index (Phi) is 4.64. The van der Waals surface area contributed by atoms with Crippen LogP contribution in [0.5, 0.6) is 0 Å². The summed E-state index contributed by atoms with van der Waals surface area (Å²) in [6.45, 7) is 2.39. The van der Waals surface area contributed by atoms with E-state index < -0.39 is 6.04 Å². The van der Waals surface area contributed by atoms with Crippen LogP contribution in [0.25, 0.3) is 10.8 Å². The fraction of sp³-hybridized carbons (Fsp3) is 0.150.